The fourth-order valence-electron chi connectivity index (χ4n) is 2.87. The highest BCUT2D eigenvalue weighted by atomic mass is 35.5. The Bertz CT molecular complexity index is 837. The van der Waals surface area contributed by atoms with Crippen molar-refractivity contribution in [3.05, 3.63) is 69.3 Å². The maximum atomic E-state index is 12.4. The van der Waals surface area contributed by atoms with Gasteiger partial charge in [0.1, 0.15) is 0 Å². The highest BCUT2D eigenvalue weighted by Crippen LogP contribution is 2.37. The first-order valence-electron chi connectivity index (χ1n) is 9.82. The van der Waals surface area contributed by atoms with Crippen molar-refractivity contribution in [2.24, 2.45) is 10.9 Å². The topological polar surface area (TPSA) is 50.7 Å². The van der Waals surface area contributed by atoms with Gasteiger partial charge in [-0.1, -0.05) is 54.4 Å². The molecule has 1 N–H and O–H groups in total. The number of hydrogen-bond acceptors (Lipinski definition) is 3. The van der Waals surface area contributed by atoms with Crippen LogP contribution in [-0.4, -0.2) is 32.0 Å². The lowest BCUT2D eigenvalue weighted by atomic mass is 10.1. The zero-order valence-electron chi connectivity index (χ0n) is 17.2. The average molecular weight is 435 g/mol. The molecule has 6 heteroatoms. The number of amides is 1. The molecular formula is C23H28Cl2N2O2. The van der Waals surface area contributed by atoms with E-state index >= 15 is 0 Å². The first-order chi connectivity index (χ1) is 14.0. The van der Waals surface area contributed by atoms with Gasteiger partial charge in [-0.3, -0.25) is 4.79 Å². The third-order valence-electron chi connectivity index (χ3n) is 4.47. The molecule has 0 saturated heterocycles. The normalized spacial score (nSPS) is 15.7. The fraction of sp³-hybridized carbons (Fsp3) is 0.391. The van der Waals surface area contributed by atoms with Gasteiger partial charge in [0, 0.05) is 5.02 Å². The van der Waals surface area contributed by atoms with Crippen molar-refractivity contribution >= 4 is 35.0 Å². The van der Waals surface area contributed by atoms with Gasteiger partial charge in [0.2, 0.25) is 5.90 Å². The maximum Gasteiger partial charge on any atom is 0.253 e. The summed E-state index contributed by atoms with van der Waals surface area (Å²) >= 11 is 12.0. The Labute approximate surface area is 183 Å². The largest absolute Gasteiger partial charge is 0.483 e. The van der Waals surface area contributed by atoms with Gasteiger partial charge in [-0.2, -0.15) is 0 Å². The zero-order valence-corrected chi connectivity index (χ0v) is 18.7. The van der Waals surface area contributed by atoms with Crippen molar-refractivity contribution in [2.45, 2.75) is 33.1 Å². The second kappa shape index (κ2) is 11.8. The Kier molecular flexibility index (Phi) is 9.49. The Morgan fingerprint density at radius 1 is 1.34 bits per heavy atom. The van der Waals surface area contributed by atoms with Gasteiger partial charge >= 0.3 is 0 Å². The zero-order chi connectivity index (χ0) is 21.2. The number of hydrogen-bond donors (Lipinski definition) is 1. The number of nitrogens with zero attached hydrogens (tertiary/aromatic N) is 1. The molecule has 29 heavy (non-hydrogen) atoms. The van der Waals surface area contributed by atoms with E-state index in [2.05, 4.69) is 35.5 Å². The van der Waals surface area contributed by atoms with Crippen LogP contribution < -0.4 is 5.32 Å². The van der Waals surface area contributed by atoms with E-state index in [9.17, 15) is 4.79 Å². The predicted molar refractivity (Wildman–Crippen MR) is 122 cm³/mol. The molecule has 0 heterocycles. The number of carbonyl (C=O) groups is 1. The second-order valence-corrected chi connectivity index (χ2v) is 7.67. The van der Waals surface area contributed by atoms with Gasteiger partial charge < -0.3 is 10.1 Å². The summed E-state index contributed by atoms with van der Waals surface area (Å²) in [6.07, 6.45) is 12.1. The third kappa shape index (κ3) is 7.71. The lowest BCUT2D eigenvalue weighted by Gasteiger charge is -2.09. The van der Waals surface area contributed by atoms with Crippen molar-refractivity contribution in [1.29, 1.82) is 0 Å². The van der Waals surface area contributed by atoms with Gasteiger partial charge in [-0.05, 0) is 61.4 Å². The number of ether oxygens (including phenoxy) is 1. The summed E-state index contributed by atoms with van der Waals surface area (Å²) in [4.78, 5) is 16.9. The van der Waals surface area contributed by atoms with Crippen molar-refractivity contribution in [1.82, 2.24) is 5.32 Å². The number of allylic oxidation sites excluding steroid dienone is 4. The van der Waals surface area contributed by atoms with Crippen LogP contribution in [0.3, 0.4) is 0 Å². The smallest absolute Gasteiger partial charge is 0.253 e. The molecule has 0 aliphatic heterocycles. The summed E-state index contributed by atoms with van der Waals surface area (Å²) in [5.41, 5.74) is 2.86. The van der Waals surface area contributed by atoms with Crippen LogP contribution in [0.1, 0.15) is 43.5 Å². The van der Waals surface area contributed by atoms with Gasteiger partial charge in [-0.15, -0.1) is 0 Å². The van der Waals surface area contributed by atoms with Crippen LogP contribution in [0.2, 0.25) is 10.0 Å². The van der Waals surface area contributed by atoms with Crippen LogP contribution in [0.25, 0.3) is 0 Å². The molecule has 0 aromatic heterocycles. The van der Waals surface area contributed by atoms with Gasteiger partial charge in [-0.25, -0.2) is 4.99 Å². The van der Waals surface area contributed by atoms with Crippen LogP contribution in [0.5, 0.6) is 0 Å². The second-order valence-electron chi connectivity index (χ2n) is 6.83. The molecule has 1 aromatic rings. The molecule has 1 aliphatic rings. The minimum absolute atomic E-state index is 0.178. The minimum Gasteiger partial charge on any atom is -0.483 e. The van der Waals surface area contributed by atoms with Crippen molar-refractivity contribution in [3.8, 4) is 0 Å². The number of aliphatic imine (C=N–C) groups is 1. The fourth-order valence-corrected chi connectivity index (χ4v) is 3.36. The predicted octanol–water partition coefficient (Wildman–Crippen LogP) is 6.02. The standard InChI is InChI=1S/C23H28Cl2N2O2/c1-4-6-16(12-18(7-5-2)17-8-9-17)14-26-22(29-3)15-27-23(28)20-11-10-19(24)13-21(20)25/h4,6-7,10-13,17H,5,8-9,14-15H2,1-3H3,(H,27,28)/b6-4-,16-12+,18-7-,26-22?. The van der Waals surface area contributed by atoms with E-state index in [1.165, 1.54) is 18.4 Å². The molecular weight excluding hydrogens is 407 g/mol. The summed E-state index contributed by atoms with van der Waals surface area (Å²) in [7, 11) is 1.55. The van der Waals surface area contributed by atoms with Crippen LogP contribution in [0, 0.1) is 5.92 Å². The van der Waals surface area contributed by atoms with Gasteiger partial charge in [0.25, 0.3) is 5.91 Å². The van der Waals surface area contributed by atoms with Crippen LogP contribution in [0.15, 0.2) is 58.6 Å². The van der Waals surface area contributed by atoms with E-state index in [4.69, 9.17) is 27.9 Å². The van der Waals surface area contributed by atoms with E-state index in [0.717, 1.165) is 12.0 Å². The highest BCUT2D eigenvalue weighted by Gasteiger charge is 2.24. The Hall–Kier alpha value is -2.04. The lowest BCUT2D eigenvalue weighted by Crippen LogP contribution is -2.30. The molecule has 0 unspecified atom stereocenters. The SMILES string of the molecule is C\C=C/C(=C\C(=C\CC)C1CC1)CN=C(CNC(=O)c1ccc(Cl)cc1Cl)OC. The van der Waals surface area contributed by atoms with Crippen molar-refractivity contribution in [2.75, 3.05) is 20.2 Å². The summed E-state index contributed by atoms with van der Waals surface area (Å²) in [6, 6.07) is 4.76. The monoisotopic (exact) mass is 434 g/mol. The molecule has 0 bridgehead atoms. The van der Waals surface area contributed by atoms with E-state index in [1.54, 1.807) is 25.3 Å². The molecule has 1 amide bonds. The summed E-state index contributed by atoms with van der Waals surface area (Å²) in [5.74, 6) is 0.832. The minimum atomic E-state index is -0.303. The van der Waals surface area contributed by atoms with Gasteiger partial charge in [0.15, 0.2) is 0 Å². The molecule has 0 radical (unpaired) electrons. The molecule has 1 aromatic carbocycles. The Balaban J connectivity index is 2.03. The Morgan fingerprint density at radius 3 is 2.69 bits per heavy atom. The molecule has 4 nitrogen and oxygen atoms in total. The number of carbonyl (C=O) groups excluding carboxylic acids is 1. The molecule has 0 spiro atoms. The number of nitrogens with one attached hydrogen (secondary N) is 1. The number of benzene rings is 1. The average Bonchev–Trinajstić information content (AvgIpc) is 3.52. The quantitative estimate of drug-likeness (QED) is 0.293. The molecule has 0 atom stereocenters. The maximum absolute atomic E-state index is 12.4. The molecule has 1 fully saturated rings. The van der Waals surface area contributed by atoms with E-state index in [1.807, 2.05) is 13.0 Å². The first-order valence-corrected chi connectivity index (χ1v) is 10.6. The van der Waals surface area contributed by atoms with Crippen LogP contribution >= 0.6 is 23.2 Å². The summed E-state index contributed by atoms with van der Waals surface area (Å²) < 4.78 is 5.34. The number of halogens is 2. The van der Waals surface area contributed by atoms with Gasteiger partial charge in [0.05, 0.1) is 30.8 Å². The van der Waals surface area contributed by atoms with E-state index in [0.29, 0.717) is 34.0 Å². The summed E-state index contributed by atoms with van der Waals surface area (Å²) in [5, 5.41) is 3.57. The molecule has 156 valence electrons. The lowest BCUT2D eigenvalue weighted by molar-refractivity contribution is 0.0957. The van der Waals surface area contributed by atoms with E-state index < -0.39 is 0 Å². The van der Waals surface area contributed by atoms with Crippen LogP contribution in [-0.2, 0) is 4.74 Å². The first kappa shape index (κ1) is 23.2. The Morgan fingerprint density at radius 2 is 2.10 bits per heavy atom. The van der Waals surface area contributed by atoms with Crippen LogP contribution in [0.4, 0.5) is 0 Å². The third-order valence-corrected chi connectivity index (χ3v) is 5.02. The molecule has 1 aliphatic carbocycles. The highest BCUT2D eigenvalue weighted by molar-refractivity contribution is 6.36. The summed E-state index contributed by atoms with van der Waals surface area (Å²) in [6.45, 7) is 4.81. The molecule has 2 rings (SSSR count). The molecule has 1 saturated carbocycles. The number of rotatable bonds is 9. The van der Waals surface area contributed by atoms with Crippen molar-refractivity contribution < 1.29 is 9.53 Å². The number of methoxy groups -OCH3 is 1. The van der Waals surface area contributed by atoms with Crippen molar-refractivity contribution in [3.63, 3.8) is 0 Å². The van der Waals surface area contributed by atoms with E-state index in [-0.39, 0.29) is 12.5 Å².